The summed E-state index contributed by atoms with van der Waals surface area (Å²) >= 11 is 0. The summed E-state index contributed by atoms with van der Waals surface area (Å²) in [6.45, 7) is 4.12. The summed E-state index contributed by atoms with van der Waals surface area (Å²) in [7, 11) is 1.62. The van der Waals surface area contributed by atoms with Gasteiger partial charge in [-0.05, 0) is 26.0 Å². The van der Waals surface area contributed by atoms with Gasteiger partial charge in [-0.1, -0.05) is 12.1 Å². The smallest absolute Gasteiger partial charge is 0.227 e. The van der Waals surface area contributed by atoms with Crippen LogP contribution < -0.4 is 16.4 Å². The fraction of sp³-hybridized carbons (Fsp3) is 0.357. The monoisotopic (exact) mass is 273 g/mol. The molecule has 6 heteroatoms. The van der Waals surface area contributed by atoms with Gasteiger partial charge in [0.05, 0.1) is 16.4 Å². The van der Waals surface area contributed by atoms with Crippen molar-refractivity contribution in [2.75, 3.05) is 24.6 Å². The Morgan fingerprint density at radius 1 is 1.25 bits per heavy atom. The molecule has 106 valence electrons. The molecular formula is C14H19N5O. The number of benzene rings is 1. The second-order valence-corrected chi connectivity index (χ2v) is 5.26. The van der Waals surface area contributed by atoms with Gasteiger partial charge in [-0.2, -0.15) is 0 Å². The average Bonchev–Trinajstić information content (AvgIpc) is 2.44. The normalized spacial score (nSPS) is 11.3. The zero-order chi connectivity index (χ0) is 14.8. The van der Waals surface area contributed by atoms with Crippen LogP contribution in [-0.2, 0) is 4.79 Å². The lowest BCUT2D eigenvalue weighted by molar-refractivity contribution is -0.128. The van der Waals surface area contributed by atoms with Crippen molar-refractivity contribution in [2.24, 2.45) is 5.41 Å². The highest BCUT2D eigenvalue weighted by Gasteiger charge is 2.26. The van der Waals surface area contributed by atoms with E-state index in [1.54, 1.807) is 7.05 Å². The molecule has 0 spiro atoms. The quantitative estimate of drug-likeness (QED) is 0.783. The van der Waals surface area contributed by atoms with Crippen LogP contribution >= 0.6 is 0 Å². The predicted molar refractivity (Wildman–Crippen MR) is 80.3 cm³/mol. The first-order chi connectivity index (χ1) is 9.44. The summed E-state index contributed by atoms with van der Waals surface area (Å²) in [5, 5.41) is 5.74. The molecular weight excluding hydrogens is 254 g/mol. The number of carbonyl (C=O) groups is 1. The van der Waals surface area contributed by atoms with Gasteiger partial charge < -0.3 is 16.4 Å². The van der Waals surface area contributed by atoms with Gasteiger partial charge in [0.15, 0.2) is 11.6 Å². The second-order valence-electron chi connectivity index (χ2n) is 5.26. The Labute approximate surface area is 117 Å². The zero-order valence-electron chi connectivity index (χ0n) is 11.9. The topological polar surface area (TPSA) is 92.9 Å². The average molecular weight is 273 g/mol. The van der Waals surface area contributed by atoms with Gasteiger partial charge in [0.2, 0.25) is 5.91 Å². The van der Waals surface area contributed by atoms with Gasteiger partial charge in [0, 0.05) is 13.6 Å². The number of nitrogens with zero attached hydrogens (tertiary/aromatic N) is 2. The molecule has 1 aromatic carbocycles. The van der Waals surface area contributed by atoms with Crippen LogP contribution in [0.15, 0.2) is 24.3 Å². The molecule has 0 saturated heterocycles. The molecule has 2 rings (SSSR count). The first kappa shape index (κ1) is 14.0. The number of amides is 1. The first-order valence-corrected chi connectivity index (χ1v) is 6.42. The molecule has 0 aliphatic rings. The number of nitrogens with one attached hydrogen (secondary N) is 2. The molecule has 1 amide bonds. The fourth-order valence-electron chi connectivity index (χ4n) is 1.87. The zero-order valence-corrected chi connectivity index (χ0v) is 11.9. The highest BCUT2D eigenvalue weighted by atomic mass is 16.2. The summed E-state index contributed by atoms with van der Waals surface area (Å²) in [6, 6.07) is 7.51. The molecule has 0 atom stereocenters. The van der Waals surface area contributed by atoms with Crippen molar-refractivity contribution < 1.29 is 4.79 Å². The van der Waals surface area contributed by atoms with Gasteiger partial charge in [0.25, 0.3) is 0 Å². The van der Waals surface area contributed by atoms with Crippen LogP contribution in [-0.4, -0.2) is 29.5 Å². The maximum Gasteiger partial charge on any atom is 0.227 e. The molecule has 0 aliphatic heterocycles. The van der Waals surface area contributed by atoms with Crippen molar-refractivity contribution in [1.29, 1.82) is 0 Å². The van der Waals surface area contributed by atoms with Crippen molar-refractivity contribution in [1.82, 2.24) is 15.3 Å². The van der Waals surface area contributed by atoms with Crippen molar-refractivity contribution in [3.05, 3.63) is 24.3 Å². The molecule has 0 saturated carbocycles. The van der Waals surface area contributed by atoms with E-state index in [1.165, 1.54) is 0 Å². The molecule has 0 fully saturated rings. The highest BCUT2D eigenvalue weighted by Crippen LogP contribution is 2.21. The van der Waals surface area contributed by atoms with Gasteiger partial charge in [-0.15, -0.1) is 0 Å². The third-order valence-corrected chi connectivity index (χ3v) is 3.14. The minimum absolute atomic E-state index is 0.0441. The lowest BCUT2D eigenvalue weighted by atomic mass is 9.92. The molecule has 20 heavy (non-hydrogen) atoms. The summed E-state index contributed by atoms with van der Waals surface area (Å²) in [5.74, 6) is 0.786. The summed E-state index contributed by atoms with van der Waals surface area (Å²) in [4.78, 5) is 20.5. The lowest BCUT2D eigenvalue weighted by Crippen LogP contribution is -2.39. The Morgan fingerprint density at radius 3 is 2.45 bits per heavy atom. The van der Waals surface area contributed by atoms with Crippen LogP contribution in [0.1, 0.15) is 13.8 Å². The number of para-hydroxylation sites is 2. The Morgan fingerprint density at radius 2 is 1.85 bits per heavy atom. The van der Waals surface area contributed by atoms with E-state index in [-0.39, 0.29) is 5.91 Å². The van der Waals surface area contributed by atoms with E-state index in [4.69, 9.17) is 5.73 Å². The minimum Gasteiger partial charge on any atom is -0.381 e. The van der Waals surface area contributed by atoms with E-state index in [9.17, 15) is 4.79 Å². The van der Waals surface area contributed by atoms with E-state index in [0.29, 0.717) is 18.2 Å². The number of hydrogen-bond donors (Lipinski definition) is 3. The van der Waals surface area contributed by atoms with Crippen LogP contribution in [0.2, 0.25) is 0 Å². The van der Waals surface area contributed by atoms with Crippen molar-refractivity contribution in [2.45, 2.75) is 13.8 Å². The molecule has 0 unspecified atom stereocenters. The van der Waals surface area contributed by atoms with E-state index in [1.807, 2.05) is 38.1 Å². The second kappa shape index (κ2) is 5.32. The predicted octanol–water partition coefficient (Wildman–Crippen LogP) is 1.40. The van der Waals surface area contributed by atoms with Crippen molar-refractivity contribution in [3.8, 4) is 0 Å². The molecule has 0 aliphatic carbocycles. The van der Waals surface area contributed by atoms with Gasteiger partial charge >= 0.3 is 0 Å². The van der Waals surface area contributed by atoms with Gasteiger partial charge in [0.1, 0.15) is 0 Å². The molecule has 6 nitrogen and oxygen atoms in total. The number of hydrogen-bond acceptors (Lipinski definition) is 5. The van der Waals surface area contributed by atoms with Crippen LogP contribution in [0.25, 0.3) is 11.0 Å². The van der Waals surface area contributed by atoms with Crippen LogP contribution in [0.5, 0.6) is 0 Å². The standard InChI is InChI=1S/C14H19N5O/c1-14(2,13(20)16-3)8-17-12-11(15)18-9-6-4-5-7-10(9)19-12/h4-7H,8H2,1-3H3,(H2,15,18)(H,16,20)(H,17,19). The summed E-state index contributed by atoms with van der Waals surface area (Å²) < 4.78 is 0. The van der Waals surface area contributed by atoms with Crippen LogP contribution in [0.3, 0.4) is 0 Å². The Hall–Kier alpha value is -2.37. The molecule has 0 radical (unpaired) electrons. The number of nitrogens with two attached hydrogens (primary N) is 1. The third-order valence-electron chi connectivity index (χ3n) is 3.14. The highest BCUT2D eigenvalue weighted by molar-refractivity contribution is 5.83. The van der Waals surface area contributed by atoms with E-state index >= 15 is 0 Å². The number of aromatic nitrogens is 2. The Bertz CT molecular complexity index is 638. The lowest BCUT2D eigenvalue weighted by Gasteiger charge is -2.23. The first-order valence-electron chi connectivity index (χ1n) is 6.42. The number of fused-ring (bicyclic) bond motifs is 1. The van der Waals surface area contributed by atoms with Crippen molar-refractivity contribution in [3.63, 3.8) is 0 Å². The van der Waals surface area contributed by atoms with Gasteiger partial charge in [-0.25, -0.2) is 9.97 Å². The molecule has 1 heterocycles. The largest absolute Gasteiger partial charge is 0.381 e. The summed E-state index contributed by atoms with van der Waals surface area (Å²) in [6.07, 6.45) is 0. The maximum atomic E-state index is 11.7. The molecule has 0 bridgehead atoms. The number of nitrogen functional groups attached to an aromatic ring is 1. The third kappa shape index (κ3) is 2.79. The molecule has 4 N–H and O–H groups in total. The molecule has 1 aromatic heterocycles. The number of anilines is 2. The Kier molecular flexibility index (Phi) is 3.74. The van der Waals surface area contributed by atoms with E-state index in [2.05, 4.69) is 20.6 Å². The van der Waals surface area contributed by atoms with Crippen molar-refractivity contribution >= 4 is 28.6 Å². The van der Waals surface area contributed by atoms with E-state index < -0.39 is 5.41 Å². The minimum atomic E-state index is -0.561. The summed E-state index contributed by atoms with van der Waals surface area (Å²) in [5.41, 5.74) is 6.84. The SMILES string of the molecule is CNC(=O)C(C)(C)CNc1nc2ccccc2nc1N. The maximum absolute atomic E-state index is 11.7. The van der Waals surface area contributed by atoms with Crippen LogP contribution in [0.4, 0.5) is 11.6 Å². The molecule has 2 aromatic rings. The number of carbonyl (C=O) groups excluding carboxylic acids is 1. The van der Waals surface area contributed by atoms with Crippen LogP contribution in [0, 0.1) is 5.41 Å². The van der Waals surface area contributed by atoms with E-state index in [0.717, 1.165) is 11.0 Å². The van der Waals surface area contributed by atoms with Gasteiger partial charge in [-0.3, -0.25) is 4.79 Å². The number of rotatable bonds is 4. The fourth-order valence-corrected chi connectivity index (χ4v) is 1.87. The Balaban J connectivity index is 2.22.